The number of benzene rings is 1. The van der Waals surface area contributed by atoms with Crippen molar-refractivity contribution in [3.63, 3.8) is 0 Å². The maximum Gasteiger partial charge on any atom is 0.327 e. The third kappa shape index (κ3) is 13.6. The number of carboxylic acid groups (broad SMARTS) is 2. The van der Waals surface area contributed by atoms with E-state index in [0.717, 1.165) is 24.5 Å². The van der Waals surface area contributed by atoms with E-state index in [-0.39, 0.29) is 0 Å². The maximum absolute atomic E-state index is 9.25. The van der Waals surface area contributed by atoms with Gasteiger partial charge in [-0.3, -0.25) is 0 Å². The zero-order valence-electron chi connectivity index (χ0n) is 11.5. The number of aliphatic carboxylic acids is 2. The van der Waals surface area contributed by atoms with E-state index in [1.165, 1.54) is 0 Å². The highest BCUT2D eigenvalue weighted by atomic mass is 16.6. The number of para-hydroxylation sites is 1. The Balaban J connectivity index is 0.000000340. The van der Waals surface area contributed by atoms with Crippen molar-refractivity contribution in [2.75, 3.05) is 13.2 Å². The Morgan fingerprint density at radius 2 is 1.62 bits per heavy atom. The molecule has 1 saturated heterocycles. The largest absolute Gasteiger partial charge is 0.491 e. The van der Waals surface area contributed by atoms with Gasteiger partial charge in [-0.2, -0.15) is 0 Å². The third-order valence-electron chi connectivity index (χ3n) is 1.93. The summed E-state index contributed by atoms with van der Waals surface area (Å²) in [5.74, 6) is -1.04. The number of ether oxygens (including phenoxy) is 2. The molecule has 0 aliphatic carbocycles. The molecule has 1 unspecified atom stereocenters. The molecular formula is C15H18O6. The van der Waals surface area contributed by atoms with Crippen LogP contribution >= 0.6 is 0 Å². The molecule has 2 N–H and O–H groups in total. The Kier molecular flexibility index (Phi) is 9.85. The van der Waals surface area contributed by atoms with Crippen molar-refractivity contribution in [2.45, 2.75) is 6.10 Å². The fraction of sp³-hybridized carbons (Fsp3) is 0.200. The molecule has 1 atom stereocenters. The second-order valence-corrected chi connectivity index (χ2v) is 3.66. The fourth-order valence-electron chi connectivity index (χ4n) is 0.870. The maximum atomic E-state index is 9.25. The van der Waals surface area contributed by atoms with Gasteiger partial charge in [0.05, 0.1) is 6.61 Å². The fourth-order valence-corrected chi connectivity index (χ4v) is 0.870. The lowest BCUT2D eigenvalue weighted by Crippen LogP contribution is -2.03. The number of hydrogen-bond donors (Lipinski definition) is 2. The standard InChI is InChI=1S/C9H10O2.2C3H4O2/c1-2-4-8(5-3-1)10-6-9-7-11-9;2*1-2-3(4)5/h1-5,9H,6-7H2;2*2H,1H2,(H,4,5). The number of rotatable bonds is 5. The van der Waals surface area contributed by atoms with Gasteiger partial charge in [0.1, 0.15) is 18.5 Å². The Hall–Kier alpha value is -2.60. The van der Waals surface area contributed by atoms with E-state index in [2.05, 4.69) is 13.2 Å². The summed E-state index contributed by atoms with van der Waals surface area (Å²) < 4.78 is 10.4. The number of hydrogen-bond acceptors (Lipinski definition) is 4. The predicted octanol–water partition coefficient (Wildman–Crippen LogP) is 1.98. The highest BCUT2D eigenvalue weighted by Gasteiger charge is 2.22. The van der Waals surface area contributed by atoms with Crippen LogP contribution in [0.5, 0.6) is 5.75 Å². The molecule has 0 saturated carbocycles. The average molecular weight is 294 g/mol. The molecule has 1 aliphatic rings. The molecular weight excluding hydrogens is 276 g/mol. The summed E-state index contributed by atoms with van der Waals surface area (Å²) in [6, 6.07) is 9.79. The van der Waals surface area contributed by atoms with Crippen molar-refractivity contribution in [3.8, 4) is 5.75 Å². The van der Waals surface area contributed by atoms with Crippen molar-refractivity contribution in [3.05, 3.63) is 55.6 Å². The van der Waals surface area contributed by atoms with Crippen LogP contribution in [0.3, 0.4) is 0 Å². The van der Waals surface area contributed by atoms with Gasteiger partial charge in [-0.25, -0.2) is 9.59 Å². The summed E-state index contributed by atoms with van der Waals surface area (Å²) in [7, 11) is 0. The Morgan fingerprint density at radius 3 is 1.95 bits per heavy atom. The van der Waals surface area contributed by atoms with Gasteiger partial charge in [0, 0.05) is 12.2 Å². The van der Waals surface area contributed by atoms with Crippen LogP contribution in [-0.4, -0.2) is 41.5 Å². The summed E-state index contributed by atoms with van der Waals surface area (Å²) in [6.07, 6.45) is 2.01. The van der Waals surface area contributed by atoms with E-state index in [1.54, 1.807) is 0 Å². The van der Waals surface area contributed by atoms with Crippen molar-refractivity contribution in [2.24, 2.45) is 0 Å². The van der Waals surface area contributed by atoms with Crippen LogP contribution in [0.15, 0.2) is 55.6 Å². The van der Waals surface area contributed by atoms with Crippen LogP contribution in [0, 0.1) is 0 Å². The summed E-state index contributed by atoms with van der Waals surface area (Å²) in [4.78, 5) is 18.5. The summed E-state index contributed by atoms with van der Waals surface area (Å²) in [6.45, 7) is 7.46. The molecule has 1 fully saturated rings. The lowest BCUT2D eigenvalue weighted by molar-refractivity contribution is -0.132. The van der Waals surface area contributed by atoms with Gasteiger partial charge in [-0.15, -0.1) is 0 Å². The summed E-state index contributed by atoms with van der Waals surface area (Å²) >= 11 is 0. The average Bonchev–Trinajstić information content (AvgIpc) is 3.31. The molecule has 21 heavy (non-hydrogen) atoms. The molecule has 0 radical (unpaired) electrons. The molecule has 6 heteroatoms. The first-order valence-corrected chi connectivity index (χ1v) is 5.99. The zero-order valence-corrected chi connectivity index (χ0v) is 11.5. The SMILES string of the molecule is C=CC(=O)O.C=CC(=O)O.c1ccc(OCC2CO2)cc1. The summed E-state index contributed by atoms with van der Waals surface area (Å²) in [5, 5.41) is 15.2. The number of carbonyl (C=O) groups is 2. The first-order valence-electron chi connectivity index (χ1n) is 5.99. The van der Waals surface area contributed by atoms with Gasteiger partial charge in [0.25, 0.3) is 0 Å². The van der Waals surface area contributed by atoms with Crippen LogP contribution in [-0.2, 0) is 14.3 Å². The first kappa shape index (κ1) is 18.4. The van der Waals surface area contributed by atoms with Gasteiger partial charge in [-0.05, 0) is 12.1 Å². The van der Waals surface area contributed by atoms with Crippen molar-refractivity contribution < 1.29 is 29.3 Å². The van der Waals surface area contributed by atoms with E-state index in [0.29, 0.717) is 12.7 Å². The minimum atomic E-state index is -0.981. The molecule has 2 rings (SSSR count). The van der Waals surface area contributed by atoms with Crippen molar-refractivity contribution in [1.29, 1.82) is 0 Å². The van der Waals surface area contributed by atoms with Gasteiger partial charge >= 0.3 is 11.9 Å². The van der Waals surface area contributed by atoms with Gasteiger partial charge in [0.15, 0.2) is 0 Å². The van der Waals surface area contributed by atoms with Crippen LogP contribution in [0.4, 0.5) is 0 Å². The highest BCUT2D eigenvalue weighted by molar-refractivity contribution is 5.79. The van der Waals surface area contributed by atoms with Crippen LogP contribution in [0.25, 0.3) is 0 Å². The molecule has 1 heterocycles. The normalized spacial score (nSPS) is 14.2. The lowest BCUT2D eigenvalue weighted by Gasteiger charge is -2.01. The van der Waals surface area contributed by atoms with Gasteiger partial charge in [-0.1, -0.05) is 31.4 Å². The molecule has 0 amide bonds. The minimum Gasteiger partial charge on any atom is -0.491 e. The lowest BCUT2D eigenvalue weighted by atomic mass is 10.3. The number of carboxylic acids is 2. The van der Waals surface area contributed by atoms with Crippen molar-refractivity contribution >= 4 is 11.9 Å². The molecule has 0 spiro atoms. The molecule has 0 aromatic heterocycles. The zero-order chi connectivity index (χ0) is 16.1. The second kappa shape index (κ2) is 11.2. The van der Waals surface area contributed by atoms with Crippen LogP contribution in [0.2, 0.25) is 0 Å². The minimum absolute atomic E-state index is 0.343. The van der Waals surface area contributed by atoms with E-state index < -0.39 is 11.9 Å². The van der Waals surface area contributed by atoms with Crippen LogP contribution in [0.1, 0.15) is 0 Å². The molecule has 1 aromatic carbocycles. The Bertz CT molecular complexity index is 432. The monoisotopic (exact) mass is 294 g/mol. The highest BCUT2D eigenvalue weighted by Crippen LogP contribution is 2.13. The van der Waals surface area contributed by atoms with E-state index in [9.17, 15) is 9.59 Å². The predicted molar refractivity (Wildman–Crippen MR) is 77.3 cm³/mol. The van der Waals surface area contributed by atoms with Crippen molar-refractivity contribution in [1.82, 2.24) is 0 Å². The smallest absolute Gasteiger partial charge is 0.327 e. The van der Waals surface area contributed by atoms with E-state index >= 15 is 0 Å². The van der Waals surface area contributed by atoms with Gasteiger partial charge < -0.3 is 19.7 Å². The molecule has 1 aromatic rings. The Labute approximate surface area is 122 Å². The second-order valence-electron chi connectivity index (χ2n) is 3.66. The molecule has 6 nitrogen and oxygen atoms in total. The van der Waals surface area contributed by atoms with Gasteiger partial charge in [0.2, 0.25) is 0 Å². The third-order valence-corrected chi connectivity index (χ3v) is 1.93. The topological polar surface area (TPSA) is 96.4 Å². The molecule has 1 aliphatic heterocycles. The molecule has 114 valence electrons. The van der Waals surface area contributed by atoms with E-state index in [1.807, 2.05) is 30.3 Å². The molecule has 0 bridgehead atoms. The van der Waals surface area contributed by atoms with Crippen LogP contribution < -0.4 is 4.74 Å². The Morgan fingerprint density at radius 1 is 1.19 bits per heavy atom. The summed E-state index contributed by atoms with van der Waals surface area (Å²) in [5.41, 5.74) is 0. The first-order chi connectivity index (χ1) is 9.99. The number of epoxide rings is 1. The van der Waals surface area contributed by atoms with E-state index in [4.69, 9.17) is 19.7 Å². The quantitative estimate of drug-likeness (QED) is 0.636.